The number of H-pyrrole nitrogens is 2. The SMILES string of the molecule is Cc1ccc2c(c1)CCN(C(=O)CNc1cc3[nH]c(=O)[nH]c(=O)c3cc1F)C2C. The molecule has 8 heteroatoms. The quantitative estimate of drug-likeness (QED) is 0.632. The number of aromatic amines is 2. The predicted octanol–water partition coefficient (Wildman–Crippen LogP) is 2.22. The lowest BCUT2D eigenvalue weighted by Gasteiger charge is -2.35. The lowest BCUT2D eigenvalue weighted by molar-refractivity contribution is -0.131. The van der Waals surface area contributed by atoms with Crippen LogP contribution in [0.5, 0.6) is 0 Å². The molecule has 3 N–H and O–H groups in total. The summed E-state index contributed by atoms with van der Waals surface area (Å²) in [5.74, 6) is -0.821. The van der Waals surface area contributed by atoms with E-state index in [1.165, 1.54) is 17.2 Å². The molecule has 1 aromatic heterocycles. The molecule has 29 heavy (non-hydrogen) atoms. The van der Waals surface area contributed by atoms with E-state index in [0.717, 1.165) is 18.1 Å². The Kier molecular flexibility index (Phi) is 4.70. The van der Waals surface area contributed by atoms with Crippen LogP contribution in [0.4, 0.5) is 10.1 Å². The number of nitrogens with one attached hydrogen (secondary N) is 3. The maximum atomic E-state index is 14.4. The van der Waals surface area contributed by atoms with Gasteiger partial charge in [0.1, 0.15) is 5.82 Å². The Morgan fingerprint density at radius 3 is 2.83 bits per heavy atom. The topological polar surface area (TPSA) is 98.1 Å². The van der Waals surface area contributed by atoms with E-state index < -0.39 is 17.1 Å². The molecule has 3 aromatic rings. The van der Waals surface area contributed by atoms with Gasteiger partial charge in [-0.05, 0) is 43.5 Å². The third-order valence-electron chi connectivity index (χ3n) is 5.42. The number of nitrogens with zero attached hydrogens (tertiary/aromatic N) is 1. The Morgan fingerprint density at radius 2 is 2.03 bits per heavy atom. The molecular formula is C21H21FN4O3. The first kappa shape index (κ1) is 18.9. The monoisotopic (exact) mass is 396 g/mol. The van der Waals surface area contributed by atoms with Crippen LogP contribution in [0, 0.1) is 12.7 Å². The number of benzene rings is 2. The van der Waals surface area contributed by atoms with Crippen LogP contribution < -0.4 is 16.6 Å². The van der Waals surface area contributed by atoms with E-state index >= 15 is 0 Å². The van der Waals surface area contributed by atoms with Crippen molar-refractivity contribution in [2.45, 2.75) is 26.3 Å². The van der Waals surface area contributed by atoms with E-state index in [4.69, 9.17) is 0 Å². The van der Waals surface area contributed by atoms with Gasteiger partial charge in [-0.3, -0.25) is 14.6 Å². The minimum atomic E-state index is -0.674. The fraction of sp³-hybridized carbons (Fsp3) is 0.286. The number of amides is 1. The van der Waals surface area contributed by atoms with Crippen LogP contribution in [0.2, 0.25) is 0 Å². The Bertz CT molecular complexity index is 1230. The summed E-state index contributed by atoms with van der Waals surface area (Å²) in [6.45, 7) is 4.53. The van der Waals surface area contributed by atoms with Crippen molar-refractivity contribution in [2.24, 2.45) is 0 Å². The second kappa shape index (κ2) is 7.20. The van der Waals surface area contributed by atoms with Crippen LogP contribution >= 0.6 is 0 Å². The molecule has 7 nitrogen and oxygen atoms in total. The largest absolute Gasteiger partial charge is 0.374 e. The minimum Gasteiger partial charge on any atom is -0.374 e. The molecule has 0 spiro atoms. The lowest BCUT2D eigenvalue weighted by atomic mass is 9.92. The highest BCUT2D eigenvalue weighted by atomic mass is 19.1. The number of halogens is 1. The molecule has 0 saturated heterocycles. The van der Waals surface area contributed by atoms with E-state index in [2.05, 4.69) is 27.4 Å². The fourth-order valence-electron chi connectivity index (χ4n) is 3.90. The zero-order chi connectivity index (χ0) is 20.7. The average Bonchev–Trinajstić information content (AvgIpc) is 2.67. The molecule has 0 radical (unpaired) electrons. The maximum Gasteiger partial charge on any atom is 0.326 e. The molecular weight excluding hydrogens is 375 g/mol. The maximum absolute atomic E-state index is 14.4. The molecule has 0 bridgehead atoms. The molecule has 1 unspecified atom stereocenters. The molecule has 1 aliphatic rings. The number of carbonyl (C=O) groups is 1. The fourth-order valence-corrected chi connectivity index (χ4v) is 3.90. The van der Waals surface area contributed by atoms with Crippen molar-refractivity contribution in [2.75, 3.05) is 18.4 Å². The van der Waals surface area contributed by atoms with Crippen LogP contribution in [-0.4, -0.2) is 33.9 Å². The summed E-state index contributed by atoms with van der Waals surface area (Å²) in [6.07, 6.45) is 0.779. The first-order valence-electron chi connectivity index (χ1n) is 9.42. The summed E-state index contributed by atoms with van der Waals surface area (Å²) < 4.78 is 14.4. The molecule has 0 saturated carbocycles. The molecule has 150 valence electrons. The van der Waals surface area contributed by atoms with Gasteiger partial charge in [0.2, 0.25) is 5.91 Å². The summed E-state index contributed by atoms with van der Waals surface area (Å²) in [4.78, 5) is 42.3. The summed E-state index contributed by atoms with van der Waals surface area (Å²) in [6, 6.07) is 8.54. The van der Waals surface area contributed by atoms with Gasteiger partial charge in [-0.15, -0.1) is 0 Å². The Labute approximate surface area is 165 Å². The smallest absolute Gasteiger partial charge is 0.326 e. The van der Waals surface area contributed by atoms with Crippen molar-refractivity contribution in [1.82, 2.24) is 14.9 Å². The molecule has 2 heterocycles. The number of hydrogen-bond donors (Lipinski definition) is 3. The van der Waals surface area contributed by atoms with Crippen molar-refractivity contribution in [1.29, 1.82) is 0 Å². The van der Waals surface area contributed by atoms with Crippen LogP contribution in [0.15, 0.2) is 39.9 Å². The van der Waals surface area contributed by atoms with Crippen LogP contribution in [0.3, 0.4) is 0 Å². The van der Waals surface area contributed by atoms with Gasteiger partial charge in [-0.25, -0.2) is 9.18 Å². The van der Waals surface area contributed by atoms with Gasteiger partial charge in [-0.2, -0.15) is 0 Å². The molecule has 1 aliphatic heterocycles. The number of fused-ring (bicyclic) bond motifs is 2. The van der Waals surface area contributed by atoms with Gasteiger partial charge in [-0.1, -0.05) is 23.8 Å². The number of aromatic nitrogens is 2. The Morgan fingerprint density at radius 1 is 1.24 bits per heavy atom. The predicted molar refractivity (Wildman–Crippen MR) is 109 cm³/mol. The Balaban J connectivity index is 1.53. The summed E-state index contributed by atoms with van der Waals surface area (Å²) in [5.41, 5.74) is 2.49. The van der Waals surface area contributed by atoms with Crippen molar-refractivity contribution in [3.8, 4) is 0 Å². The molecule has 1 atom stereocenters. The highest BCUT2D eigenvalue weighted by molar-refractivity contribution is 5.85. The third-order valence-corrected chi connectivity index (χ3v) is 5.42. The second-order valence-corrected chi connectivity index (χ2v) is 7.35. The average molecular weight is 396 g/mol. The lowest BCUT2D eigenvalue weighted by Crippen LogP contribution is -2.41. The molecule has 0 fully saturated rings. The number of rotatable bonds is 3. The highest BCUT2D eigenvalue weighted by Gasteiger charge is 2.27. The van der Waals surface area contributed by atoms with Crippen LogP contribution in [0.25, 0.3) is 10.9 Å². The zero-order valence-electron chi connectivity index (χ0n) is 16.1. The van der Waals surface area contributed by atoms with E-state index in [1.807, 2.05) is 19.9 Å². The van der Waals surface area contributed by atoms with E-state index in [1.54, 1.807) is 4.90 Å². The third kappa shape index (κ3) is 3.53. The second-order valence-electron chi connectivity index (χ2n) is 7.35. The van der Waals surface area contributed by atoms with Crippen molar-refractivity contribution in [3.63, 3.8) is 0 Å². The molecule has 0 aliphatic carbocycles. The van der Waals surface area contributed by atoms with E-state index in [-0.39, 0.29) is 35.1 Å². The summed E-state index contributed by atoms with van der Waals surface area (Å²) >= 11 is 0. The molecule has 1 amide bonds. The van der Waals surface area contributed by atoms with Gasteiger partial charge in [0.25, 0.3) is 5.56 Å². The van der Waals surface area contributed by atoms with Gasteiger partial charge in [0.05, 0.1) is 29.2 Å². The molecule has 4 rings (SSSR count). The molecule has 2 aromatic carbocycles. The zero-order valence-corrected chi connectivity index (χ0v) is 16.1. The first-order chi connectivity index (χ1) is 13.8. The summed E-state index contributed by atoms with van der Waals surface area (Å²) in [7, 11) is 0. The highest BCUT2D eigenvalue weighted by Crippen LogP contribution is 2.30. The van der Waals surface area contributed by atoms with Gasteiger partial charge >= 0.3 is 5.69 Å². The van der Waals surface area contributed by atoms with Crippen LogP contribution in [-0.2, 0) is 11.2 Å². The minimum absolute atomic E-state index is 0.0375. The Hall–Kier alpha value is -3.42. The van der Waals surface area contributed by atoms with Crippen molar-refractivity contribution >= 4 is 22.5 Å². The number of aryl methyl sites for hydroxylation is 1. The standard InChI is InChI=1S/C21H21FN4O3/c1-11-3-4-14-12(2)26(6-5-13(14)7-11)19(27)10-23-18-9-17-15(8-16(18)22)20(28)25-21(29)24-17/h3-4,7-9,12,23H,5-6,10H2,1-2H3,(H2,24,25,28,29). The first-order valence-corrected chi connectivity index (χ1v) is 9.42. The van der Waals surface area contributed by atoms with Crippen LogP contribution in [0.1, 0.15) is 29.7 Å². The number of anilines is 1. The van der Waals surface area contributed by atoms with Gasteiger partial charge in [0, 0.05) is 6.54 Å². The number of hydrogen-bond acceptors (Lipinski definition) is 4. The number of carbonyl (C=O) groups excluding carboxylic acids is 1. The van der Waals surface area contributed by atoms with Gasteiger partial charge < -0.3 is 15.2 Å². The van der Waals surface area contributed by atoms with Crippen molar-refractivity contribution < 1.29 is 9.18 Å². The van der Waals surface area contributed by atoms with E-state index in [0.29, 0.717) is 6.54 Å². The van der Waals surface area contributed by atoms with E-state index in [9.17, 15) is 18.8 Å². The normalized spacial score (nSPS) is 16.0. The summed E-state index contributed by atoms with van der Waals surface area (Å²) in [5, 5.41) is 2.83. The van der Waals surface area contributed by atoms with Crippen molar-refractivity contribution in [3.05, 3.63) is 73.7 Å². The van der Waals surface area contributed by atoms with Gasteiger partial charge in [0.15, 0.2) is 0 Å².